The summed E-state index contributed by atoms with van der Waals surface area (Å²) in [5.41, 5.74) is 0. The number of hydrogen-bond acceptors (Lipinski definition) is 3. The number of carbonyl (C=O) groups is 3. The number of Topliss-reactive ketones (excluding diaryl/α,β-unsaturated/α-hetero) is 2. The summed E-state index contributed by atoms with van der Waals surface area (Å²) in [5, 5.41) is 8.39. The summed E-state index contributed by atoms with van der Waals surface area (Å²) in [5.74, 6) is -1.70. The van der Waals surface area contributed by atoms with Crippen LogP contribution in [0.1, 0.15) is 38.5 Å². The maximum atomic E-state index is 11.4. The van der Waals surface area contributed by atoms with Crippen LogP contribution in [0.25, 0.3) is 0 Å². The summed E-state index contributed by atoms with van der Waals surface area (Å²) in [4.78, 5) is 33.0. The van der Waals surface area contributed by atoms with Gasteiger partial charge >= 0.3 is 5.97 Å². The number of ketones is 2. The second-order valence-electron chi connectivity index (χ2n) is 3.62. The van der Waals surface area contributed by atoms with Crippen LogP contribution in [0, 0.1) is 5.92 Å². The lowest BCUT2D eigenvalue weighted by molar-refractivity contribution is -0.141. The largest absolute Gasteiger partial charge is 0.481 e. The van der Waals surface area contributed by atoms with E-state index in [1.807, 2.05) is 0 Å². The molecule has 1 N–H and O–H groups in total. The molecular formula is C10H14O4. The second kappa shape index (κ2) is 4.88. The van der Waals surface area contributed by atoms with E-state index < -0.39 is 11.9 Å². The fourth-order valence-electron chi connectivity index (χ4n) is 1.73. The molecule has 1 aliphatic rings. The third-order valence-electron chi connectivity index (χ3n) is 2.53. The summed E-state index contributed by atoms with van der Waals surface area (Å²) in [6.45, 7) is 0. The summed E-state index contributed by atoms with van der Waals surface area (Å²) in [6, 6.07) is 0. The highest BCUT2D eigenvalue weighted by Gasteiger charge is 2.28. The van der Waals surface area contributed by atoms with Crippen LogP contribution in [-0.4, -0.2) is 22.6 Å². The molecule has 0 aliphatic heterocycles. The topological polar surface area (TPSA) is 71.4 Å². The molecule has 0 aromatic heterocycles. The maximum Gasteiger partial charge on any atom is 0.303 e. The number of carbonyl (C=O) groups excluding carboxylic acids is 2. The lowest BCUT2D eigenvalue weighted by Gasteiger charge is -2.18. The Kier molecular flexibility index (Phi) is 3.80. The van der Waals surface area contributed by atoms with Crippen LogP contribution < -0.4 is 0 Å². The van der Waals surface area contributed by atoms with Crippen molar-refractivity contribution in [1.82, 2.24) is 0 Å². The Balaban J connectivity index is 2.42. The molecule has 0 aromatic carbocycles. The molecule has 1 atom stereocenters. The van der Waals surface area contributed by atoms with Crippen LogP contribution in [0.15, 0.2) is 0 Å². The molecule has 0 amide bonds. The van der Waals surface area contributed by atoms with Crippen molar-refractivity contribution >= 4 is 17.5 Å². The Bertz CT molecular complexity index is 257. The van der Waals surface area contributed by atoms with Gasteiger partial charge in [0.25, 0.3) is 0 Å². The molecule has 0 spiro atoms. The van der Waals surface area contributed by atoms with E-state index in [1.165, 1.54) is 0 Å². The smallest absolute Gasteiger partial charge is 0.303 e. The summed E-state index contributed by atoms with van der Waals surface area (Å²) in [7, 11) is 0. The van der Waals surface area contributed by atoms with Crippen LogP contribution in [0.2, 0.25) is 0 Å². The Morgan fingerprint density at radius 1 is 1.29 bits per heavy atom. The van der Waals surface area contributed by atoms with Gasteiger partial charge in [0, 0.05) is 12.8 Å². The first-order valence-corrected chi connectivity index (χ1v) is 4.88. The van der Waals surface area contributed by atoms with Crippen molar-refractivity contribution in [2.75, 3.05) is 0 Å². The van der Waals surface area contributed by atoms with Crippen LogP contribution in [0.3, 0.4) is 0 Å². The highest BCUT2D eigenvalue weighted by atomic mass is 16.4. The lowest BCUT2D eigenvalue weighted by atomic mass is 9.84. The molecule has 0 aromatic rings. The Labute approximate surface area is 82.3 Å². The van der Waals surface area contributed by atoms with E-state index in [4.69, 9.17) is 5.11 Å². The van der Waals surface area contributed by atoms with Crippen molar-refractivity contribution in [2.24, 2.45) is 5.92 Å². The molecule has 0 bridgehead atoms. The zero-order valence-corrected chi connectivity index (χ0v) is 7.99. The number of carboxylic acids is 1. The van der Waals surface area contributed by atoms with Crippen molar-refractivity contribution in [3.8, 4) is 0 Å². The maximum absolute atomic E-state index is 11.4. The van der Waals surface area contributed by atoms with Gasteiger partial charge in [-0.1, -0.05) is 6.42 Å². The average molecular weight is 198 g/mol. The highest BCUT2D eigenvalue weighted by Crippen LogP contribution is 2.22. The van der Waals surface area contributed by atoms with Crippen LogP contribution in [-0.2, 0) is 14.4 Å². The van der Waals surface area contributed by atoms with Crippen LogP contribution in [0.5, 0.6) is 0 Å². The number of rotatable bonds is 4. The molecule has 14 heavy (non-hydrogen) atoms. The Morgan fingerprint density at radius 2 is 2.00 bits per heavy atom. The van der Waals surface area contributed by atoms with E-state index in [0.717, 1.165) is 12.8 Å². The zero-order chi connectivity index (χ0) is 10.6. The number of carboxylic acid groups (broad SMARTS) is 1. The van der Waals surface area contributed by atoms with Crippen LogP contribution in [0.4, 0.5) is 0 Å². The van der Waals surface area contributed by atoms with Gasteiger partial charge in [0.1, 0.15) is 11.6 Å². The van der Waals surface area contributed by atoms with Gasteiger partial charge in [-0.25, -0.2) is 0 Å². The van der Waals surface area contributed by atoms with E-state index >= 15 is 0 Å². The molecular weight excluding hydrogens is 184 g/mol. The molecule has 0 saturated heterocycles. The van der Waals surface area contributed by atoms with Crippen molar-refractivity contribution in [3.63, 3.8) is 0 Å². The van der Waals surface area contributed by atoms with Gasteiger partial charge in [-0.3, -0.25) is 14.4 Å². The molecule has 1 saturated carbocycles. The molecule has 78 valence electrons. The predicted octanol–water partition coefficient (Wildman–Crippen LogP) is 1.18. The average Bonchev–Trinajstić information content (AvgIpc) is 2.15. The standard InChI is InChI=1S/C10H14O4/c11-8-4-2-1-3-7(8)9(12)5-6-10(13)14/h7H,1-6H2,(H,13,14)/t7-/m0/s1. The third-order valence-corrected chi connectivity index (χ3v) is 2.53. The molecule has 4 heteroatoms. The minimum absolute atomic E-state index is 0.00774. The fraction of sp³-hybridized carbons (Fsp3) is 0.700. The molecule has 0 radical (unpaired) electrons. The molecule has 0 unspecified atom stereocenters. The highest BCUT2D eigenvalue weighted by molar-refractivity contribution is 6.03. The van der Waals surface area contributed by atoms with Gasteiger partial charge in [-0.15, -0.1) is 0 Å². The molecule has 1 fully saturated rings. The van der Waals surface area contributed by atoms with E-state index in [0.29, 0.717) is 12.8 Å². The first-order chi connectivity index (χ1) is 6.61. The summed E-state index contributed by atoms with van der Waals surface area (Å²) < 4.78 is 0. The first kappa shape index (κ1) is 10.9. The lowest BCUT2D eigenvalue weighted by Crippen LogP contribution is -2.27. The van der Waals surface area contributed by atoms with Crippen LogP contribution >= 0.6 is 0 Å². The monoisotopic (exact) mass is 198 g/mol. The molecule has 1 aliphatic carbocycles. The molecule has 4 nitrogen and oxygen atoms in total. The predicted molar refractivity (Wildman–Crippen MR) is 48.8 cm³/mol. The minimum atomic E-state index is -0.985. The summed E-state index contributed by atoms with van der Waals surface area (Å²) >= 11 is 0. The van der Waals surface area contributed by atoms with Gasteiger partial charge in [-0.05, 0) is 12.8 Å². The van der Waals surface area contributed by atoms with Gasteiger partial charge in [0.05, 0.1) is 12.3 Å². The van der Waals surface area contributed by atoms with Crippen molar-refractivity contribution < 1.29 is 19.5 Å². The molecule has 1 rings (SSSR count). The van der Waals surface area contributed by atoms with Crippen molar-refractivity contribution in [3.05, 3.63) is 0 Å². The first-order valence-electron chi connectivity index (χ1n) is 4.88. The SMILES string of the molecule is O=C(O)CCC(=O)[C@H]1CCCCC1=O. The van der Waals surface area contributed by atoms with Gasteiger partial charge in [-0.2, -0.15) is 0 Å². The number of hydrogen-bond donors (Lipinski definition) is 1. The van der Waals surface area contributed by atoms with Crippen molar-refractivity contribution in [2.45, 2.75) is 38.5 Å². The zero-order valence-electron chi connectivity index (χ0n) is 7.99. The minimum Gasteiger partial charge on any atom is -0.481 e. The van der Waals surface area contributed by atoms with E-state index in [-0.39, 0.29) is 24.4 Å². The number of aliphatic carboxylic acids is 1. The van der Waals surface area contributed by atoms with Gasteiger partial charge < -0.3 is 5.11 Å². The normalized spacial score (nSPS) is 22.0. The quantitative estimate of drug-likeness (QED) is 0.688. The van der Waals surface area contributed by atoms with Gasteiger partial charge in [0.15, 0.2) is 0 Å². The third kappa shape index (κ3) is 2.94. The van der Waals surface area contributed by atoms with E-state index in [2.05, 4.69) is 0 Å². The van der Waals surface area contributed by atoms with E-state index in [9.17, 15) is 14.4 Å². The van der Waals surface area contributed by atoms with Gasteiger partial charge in [0.2, 0.25) is 0 Å². The second-order valence-corrected chi connectivity index (χ2v) is 3.62. The van der Waals surface area contributed by atoms with E-state index in [1.54, 1.807) is 0 Å². The summed E-state index contributed by atoms with van der Waals surface area (Å²) in [6.07, 6.45) is 2.67. The fourth-order valence-corrected chi connectivity index (χ4v) is 1.73. The Hall–Kier alpha value is -1.19. The Morgan fingerprint density at radius 3 is 2.57 bits per heavy atom. The molecule has 0 heterocycles. The van der Waals surface area contributed by atoms with Crippen molar-refractivity contribution in [1.29, 1.82) is 0 Å².